The highest BCUT2D eigenvalue weighted by Crippen LogP contribution is 2.23. The van der Waals surface area contributed by atoms with Gasteiger partial charge in [0.25, 0.3) is 5.24 Å². The van der Waals surface area contributed by atoms with Gasteiger partial charge in [0.2, 0.25) is 5.91 Å². The van der Waals surface area contributed by atoms with E-state index in [1.165, 1.54) is 17.4 Å². The Hall–Kier alpha value is -1.69. The molecule has 5 nitrogen and oxygen atoms in total. The van der Waals surface area contributed by atoms with Gasteiger partial charge in [-0.25, -0.2) is 0 Å². The Morgan fingerprint density at radius 2 is 2.09 bits per heavy atom. The Balaban J connectivity index is 1.41. The minimum Gasteiger partial charge on any atom is -0.371 e. The molecule has 2 fully saturated rings. The second-order valence-electron chi connectivity index (χ2n) is 5.78. The van der Waals surface area contributed by atoms with E-state index in [0.29, 0.717) is 19.0 Å². The number of amides is 2. The van der Waals surface area contributed by atoms with Gasteiger partial charge in [-0.05, 0) is 24.5 Å². The Morgan fingerprint density at radius 3 is 2.82 bits per heavy atom. The van der Waals surface area contributed by atoms with Gasteiger partial charge in [-0.1, -0.05) is 30.0 Å². The summed E-state index contributed by atoms with van der Waals surface area (Å²) in [5.74, 6) is 1.22. The van der Waals surface area contributed by atoms with E-state index < -0.39 is 0 Å². The molecular weight excluding hydrogens is 298 g/mol. The van der Waals surface area contributed by atoms with Crippen LogP contribution in [0.15, 0.2) is 30.3 Å². The van der Waals surface area contributed by atoms with Crippen LogP contribution in [-0.2, 0) is 4.79 Å². The summed E-state index contributed by atoms with van der Waals surface area (Å²) in [4.78, 5) is 27.4. The number of benzene rings is 1. The monoisotopic (exact) mass is 319 g/mol. The van der Waals surface area contributed by atoms with Crippen LogP contribution >= 0.6 is 11.8 Å². The number of thioether (sulfide) groups is 1. The highest BCUT2D eigenvalue weighted by molar-refractivity contribution is 8.13. The van der Waals surface area contributed by atoms with Gasteiger partial charge in [0.05, 0.1) is 0 Å². The van der Waals surface area contributed by atoms with Gasteiger partial charge < -0.3 is 15.1 Å². The van der Waals surface area contributed by atoms with Crippen molar-refractivity contribution >= 4 is 28.6 Å². The molecule has 2 heterocycles. The van der Waals surface area contributed by atoms with Gasteiger partial charge in [0.1, 0.15) is 6.54 Å². The molecule has 22 heavy (non-hydrogen) atoms. The molecule has 2 aliphatic rings. The van der Waals surface area contributed by atoms with Crippen LogP contribution in [0.1, 0.15) is 6.42 Å². The van der Waals surface area contributed by atoms with Crippen molar-refractivity contribution in [1.82, 2.24) is 10.2 Å². The van der Waals surface area contributed by atoms with Gasteiger partial charge in [0, 0.05) is 37.6 Å². The van der Waals surface area contributed by atoms with E-state index >= 15 is 0 Å². The van der Waals surface area contributed by atoms with Gasteiger partial charge in [-0.2, -0.15) is 0 Å². The maximum Gasteiger partial charge on any atom is 0.282 e. The largest absolute Gasteiger partial charge is 0.371 e. The van der Waals surface area contributed by atoms with Crippen LogP contribution in [-0.4, -0.2) is 54.5 Å². The van der Waals surface area contributed by atoms with E-state index in [9.17, 15) is 9.59 Å². The number of carbonyl (C=O) groups excluding carboxylic acids is 2. The lowest BCUT2D eigenvalue weighted by atomic mass is 10.1. The summed E-state index contributed by atoms with van der Waals surface area (Å²) < 4.78 is 0. The molecule has 2 amide bonds. The molecule has 0 aliphatic carbocycles. The van der Waals surface area contributed by atoms with Crippen molar-refractivity contribution in [2.45, 2.75) is 6.42 Å². The topological polar surface area (TPSA) is 52.7 Å². The van der Waals surface area contributed by atoms with E-state index in [0.717, 1.165) is 25.3 Å². The first-order valence-electron chi connectivity index (χ1n) is 7.71. The maximum atomic E-state index is 11.9. The zero-order valence-electron chi connectivity index (χ0n) is 12.5. The first-order valence-corrected chi connectivity index (χ1v) is 8.69. The predicted molar refractivity (Wildman–Crippen MR) is 89.2 cm³/mol. The average molecular weight is 319 g/mol. The Kier molecular flexibility index (Phi) is 4.87. The van der Waals surface area contributed by atoms with Gasteiger partial charge in [-0.15, -0.1) is 0 Å². The number of rotatable bonds is 5. The summed E-state index contributed by atoms with van der Waals surface area (Å²) in [5.41, 5.74) is 1.25. The summed E-state index contributed by atoms with van der Waals surface area (Å²) >= 11 is 1.29. The van der Waals surface area contributed by atoms with Crippen molar-refractivity contribution in [2.75, 3.05) is 43.4 Å². The zero-order valence-corrected chi connectivity index (χ0v) is 13.3. The lowest BCUT2D eigenvalue weighted by Gasteiger charge is -2.19. The van der Waals surface area contributed by atoms with Crippen molar-refractivity contribution in [3.05, 3.63) is 30.3 Å². The fourth-order valence-corrected chi connectivity index (χ4v) is 3.75. The van der Waals surface area contributed by atoms with Crippen LogP contribution in [0.4, 0.5) is 10.5 Å². The minimum atomic E-state index is -0.0472. The summed E-state index contributed by atoms with van der Waals surface area (Å²) in [6.07, 6.45) is 1.09. The second-order valence-corrected chi connectivity index (χ2v) is 6.82. The summed E-state index contributed by atoms with van der Waals surface area (Å²) in [7, 11) is 0. The van der Waals surface area contributed by atoms with Crippen molar-refractivity contribution in [3.63, 3.8) is 0 Å². The predicted octanol–water partition coefficient (Wildman–Crippen LogP) is 1.80. The van der Waals surface area contributed by atoms with Crippen LogP contribution in [0.25, 0.3) is 0 Å². The summed E-state index contributed by atoms with van der Waals surface area (Å²) in [5, 5.41) is 3.00. The van der Waals surface area contributed by atoms with E-state index in [1.807, 2.05) is 6.07 Å². The third-order valence-corrected chi connectivity index (χ3v) is 5.07. The van der Waals surface area contributed by atoms with Crippen LogP contribution < -0.4 is 10.2 Å². The van der Waals surface area contributed by atoms with Crippen LogP contribution in [0, 0.1) is 5.92 Å². The Morgan fingerprint density at radius 1 is 1.27 bits per heavy atom. The van der Waals surface area contributed by atoms with Crippen molar-refractivity contribution in [3.8, 4) is 0 Å². The molecular formula is C16H21N3O2S. The molecule has 0 spiro atoms. The first kappa shape index (κ1) is 15.2. The number of carbonyl (C=O) groups is 2. The standard InChI is InChI=1S/C16H21N3O2S/c20-15(12-19-8-9-22-16(19)21)17-10-13-6-7-18(11-13)14-4-2-1-3-5-14/h1-5,13H,6-12H2,(H,17,20). The molecule has 1 unspecified atom stereocenters. The summed E-state index contributed by atoms with van der Waals surface area (Å²) in [6, 6.07) is 10.4. The number of hydrogen-bond donors (Lipinski definition) is 1. The molecule has 1 atom stereocenters. The Bertz CT molecular complexity index is 537. The fraction of sp³-hybridized carbons (Fsp3) is 0.500. The molecule has 1 N–H and O–H groups in total. The maximum absolute atomic E-state index is 11.9. The molecule has 2 aliphatic heterocycles. The van der Waals surface area contributed by atoms with Crippen LogP contribution in [0.3, 0.4) is 0 Å². The molecule has 2 saturated heterocycles. The van der Waals surface area contributed by atoms with Gasteiger partial charge in [-0.3, -0.25) is 9.59 Å². The third kappa shape index (κ3) is 3.74. The molecule has 0 radical (unpaired) electrons. The van der Waals surface area contributed by atoms with Gasteiger partial charge >= 0.3 is 0 Å². The number of anilines is 1. The number of hydrogen-bond acceptors (Lipinski definition) is 4. The van der Waals surface area contributed by atoms with Crippen molar-refractivity contribution in [1.29, 1.82) is 0 Å². The highest BCUT2D eigenvalue weighted by atomic mass is 32.2. The van der Waals surface area contributed by atoms with Crippen molar-refractivity contribution in [2.24, 2.45) is 5.92 Å². The highest BCUT2D eigenvalue weighted by Gasteiger charge is 2.25. The van der Waals surface area contributed by atoms with Crippen LogP contribution in [0.5, 0.6) is 0 Å². The normalized spacial score (nSPS) is 21.5. The molecule has 6 heteroatoms. The van der Waals surface area contributed by atoms with E-state index in [1.54, 1.807) is 4.90 Å². The summed E-state index contributed by atoms with van der Waals surface area (Å²) in [6.45, 7) is 3.58. The SMILES string of the molecule is O=C(CN1CCSC1=O)NCC1CCN(c2ccccc2)C1. The van der Waals surface area contributed by atoms with E-state index in [2.05, 4.69) is 34.5 Å². The molecule has 0 saturated carbocycles. The smallest absolute Gasteiger partial charge is 0.282 e. The van der Waals surface area contributed by atoms with Crippen molar-refractivity contribution < 1.29 is 9.59 Å². The minimum absolute atomic E-state index is 0.0197. The lowest BCUT2D eigenvalue weighted by Crippen LogP contribution is -2.39. The zero-order chi connectivity index (χ0) is 15.4. The molecule has 1 aromatic rings. The van der Waals surface area contributed by atoms with Crippen LogP contribution in [0.2, 0.25) is 0 Å². The molecule has 0 bridgehead atoms. The molecule has 0 aromatic heterocycles. The van der Waals surface area contributed by atoms with Gasteiger partial charge in [0.15, 0.2) is 0 Å². The Labute approximate surface area is 135 Å². The van der Waals surface area contributed by atoms with E-state index in [4.69, 9.17) is 0 Å². The second kappa shape index (κ2) is 7.05. The lowest BCUT2D eigenvalue weighted by molar-refractivity contribution is -0.121. The fourth-order valence-electron chi connectivity index (χ4n) is 2.93. The van der Waals surface area contributed by atoms with E-state index in [-0.39, 0.29) is 17.7 Å². The average Bonchev–Trinajstić information content (AvgIpc) is 3.16. The molecule has 3 rings (SSSR count). The molecule has 1 aromatic carbocycles. The number of nitrogens with zero attached hydrogens (tertiary/aromatic N) is 2. The third-order valence-electron chi connectivity index (χ3n) is 4.17. The quantitative estimate of drug-likeness (QED) is 0.899. The molecule has 118 valence electrons. The first-order chi connectivity index (χ1) is 10.7. The number of nitrogens with one attached hydrogen (secondary N) is 1. The number of para-hydroxylation sites is 1.